The van der Waals surface area contributed by atoms with Crippen LogP contribution in [0.15, 0.2) is 24.3 Å². The summed E-state index contributed by atoms with van der Waals surface area (Å²) < 4.78 is 0. The summed E-state index contributed by atoms with van der Waals surface area (Å²) in [5.41, 5.74) is 1.68. The molecule has 0 bridgehead atoms. The highest BCUT2D eigenvalue weighted by molar-refractivity contribution is 6.21. The van der Waals surface area contributed by atoms with E-state index < -0.39 is 0 Å². The number of hydrogen-bond acceptors (Lipinski definition) is 3. The van der Waals surface area contributed by atoms with Gasteiger partial charge in [0.15, 0.2) is 0 Å². The lowest BCUT2D eigenvalue weighted by atomic mass is 10.1. The minimum absolute atomic E-state index is 0.0976. The quantitative estimate of drug-likeness (QED) is 0.741. The van der Waals surface area contributed by atoms with E-state index in [0.29, 0.717) is 17.5 Å². The van der Waals surface area contributed by atoms with Crippen LogP contribution in [-0.2, 0) is 0 Å². The van der Waals surface area contributed by atoms with Crippen LogP contribution in [0.5, 0.6) is 0 Å². The van der Waals surface area contributed by atoms with Gasteiger partial charge < -0.3 is 5.11 Å². The number of aliphatic hydroxyl groups is 1. The van der Waals surface area contributed by atoms with Crippen molar-refractivity contribution < 1.29 is 14.7 Å². The average Bonchev–Trinajstić information content (AvgIpc) is 2.55. The van der Waals surface area contributed by atoms with Crippen molar-refractivity contribution in [2.45, 2.75) is 6.42 Å². The van der Waals surface area contributed by atoms with Crippen LogP contribution < -0.4 is 5.32 Å². The highest BCUT2D eigenvalue weighted by Crippen LogP contribution is 2.18. The summed E-state index contributed by atoms with van der Waals surface area (Å²) in [6.07, 6.45) is 4.20. The highest BCUT2D eigenvalue weighted by Gasteiger charge is 2.26. The Kier molecular flexibility index (Phi) is 2.83. The first-order valence-corrected chi connectivity index (χ1v) is 4.99. The Labute approximate surface area is 92.6 Å². The first-order chi connectivity index (χ1) is 7.72. The molecule has 16 heavy (non-hydrogen) atoms. The van der Waals surface area contributed by atoms with Gasteiger partial charge in [0.05, 0.1) is 11.1 Å². The molecule has 0 fully saturated rings. The maximum Gasteiger partial charge on any atom is 0.258 e. The molecule has 1 heterocycles. The van der Waals surface area contributed by atoms with E-state index >= 15 is 0 Å². The highest BCUT2D eigenvalue weighted by atomic mass is 16.2. The van der Waals surface area contributed by atoms with Crippen molar-refractivity contribution in [3.05, 3.63) is 41.0 Å². The second-order valence-corrected chi connectivity index (χ2v) is 3.50. The third-order valence-corrected chi connectivity index (χ3v) is 2.37. The third-order valence-electron chi connectivity index (χ3n) is 2.37. The number of nitrogens with one attached hydrogen (secondary N) is 1. The molecule has 1 aromatic carbocycles. The number of carbonyl (C=O) groups is 2. The second kappa shape index (κ2) is 4.28. The van der Waals surface area contributed by atoms with Crippen molar-refractivity contribution in [1.29, 1.82) is 0 Å². The molecule has 4 heteroatoms. The monoisotopic (exact) mass is 217 g/mol. The zero-order valence-corrected chi connectivity index (χ0v) is 8.56. The normalized spacial score (nSPS) is 14.3. The maximum atomic E-state index is 11.4. The number of aliphatic hydroxyl groups excluding tert-OH is 1. The third kappa shape index (κ3) is 1.87. The molecule has 0 radical (unpaired) electrons. The van der Waals surface area contributed by atoms with E-state index in [1.54, 1.807) is 18.2 Å². The first-order valence-electron chi connectivity index (χ1n) is 4.99. The molecule has 1 aromatic rings. The van der Waals surface area contributed by atoms with Crippen molar-refractivity contribution in [2.24, 2.45) is 0 Å². The van der Waals surface area contributed by atoms with Crippen LogP contribution >= 0.6 is 0 Å². The van der Waals surface area contributed by atoms with Crippen molar-refractivity contribution >= 4 is 17.9 Å². The lowest BCUT2D eigenvalue weighted by Gasteiger charge is -1.96. The Morgan fingerprint density at radius 3 is 2.69 bits per heavy atom. The Morgan fingerprint density at radius 1 is 1.19 bits per heavy atom. The fourth-order valence-corrected chi connectivity index (χ4v) is 1.58. The summed E-state index contributed by atoms with van der Waals surface area (Å²) in [6, 6.07) is 5.07. The standard InChI is InChI=1S/C12H11NO3/c14-6-2-1-3-8-4-5-9-10(7-8)12(16)13-11(9)15/h1,3-5,7,14H,2,6H2,(H,13,15,16). The summed E-state index contributed by atoms with van der Waals surface area (Å²) in [5, 5.41) is 10.9. The SMILES string of the molecule is O=C1NC(=O)c2cc(C=CCCO)ccc21. The van der Waals surface area contributed by atoms with Gasteiger partial charge in [-0.2, -0.15) is 0 Å². The molecule has 82 valence electrons. The van der Waals surface area contributed by atoms with Gasteiger partial charge in [-0.05, 0) is 24.1 Å². The number of imide groups is 1. The minimum atomic E-state index is -0.350. The molecule has 1 aliphatic heterocycles. The van der Waals surface area contributed by atoms with Crippen LogP contribution in [0.3, 0.4) is 0 Å². The molecule has 0 unspecified atom stereocenters. The van der Waals surface area contributed by atoms with Crippen molar-refractivity contribution in [2.75, 3.05) is 6.61 Å². The fourth-order valence-electron chi connectivity index (χ4n) is 1.58. The van der Waals surface area contributed by atoms with Crippen molar-refractivity contribution in [3.8, 4) is 0 Å². The smallest absolute Gasteiger partial charge is 0.258 e. The Balaban J connectivity index is 2.30. The minimum Gasteiger partial charge on any atom is -0.396 e. The molecule has 0 saturated carbocycles. The number of fused-ring (bicyclic) bond motifs is 1. The van der Waals surface area contributed by atoms with Gasteiger partial charge in [-0.1, -0.05) is 18.2 Å². The topological polar surface area (TPSA) is 66.4 Å². The number of hydrogen-bond donors (Lipinski definition) is 2. The Hall–Kier alpha value is -1.94. The molecular formula is C12H11NO3. The van der Waals surface area contributed by atoms with E-state index in [2.05, 4.69) is 5.32 Å². The van der Waals surface area contributed by atoms with Gasteiger partial charge in [-0.25, -0.2) is 0 Å². The van der Waals surface area contributed by atoms with Gasteiger partial charge in [0.1, 0.15) is 0 Å². The number of amides is 2. The number of benzene rings is 1. The fraction of sp³-hybridized carbons (Fsp3) is 0.167. The van der Waals surface area contributed by atoms with E-state index in [0.717, 1.165) is 5.56 Å². The molecular weight excluding hydrogens is 206 g/mol. The molecule has 2 amide bonds. The molecule has 0 spiro atoms. The van der Waals surface area contributed by atoms with Crippen LogP contribution in [0, 0.1) is 0 Å². The van der Waals surface area contributed by atoms with Crippen LogP contribution in [0.25, 0.3) is 6.08 Å². The van der Waals surface area contributed by atoms with Crippen molar-refractivity contribution in [1.82, 2.24) is 5.32 Å². The molecule has 0 aliphatic carbocycles. The van der Waals surface area contributed by atoms with E-state index in [1.807, 2.05) is 12.2 Å². The van der Waals surface area contributed by atoms with E-state index in [4.69, 9.17) is 5.11 Å². The summed E-state index contributed by atoms with van der Waals surface area (Å²) in [7, 11) is 0. The molecule has 2 N–H and O–H groups in total. The average molecular weight is 217 g/mol. The second-order valence-electron chi connectivity index (χ2n) is 3.50. The van der Waals surface area contributed by atoms with E-state index in [-0.39, 0.29) is 18.4 Å². The van der Waals surface area contributed by atoms with Gasteiger partial charge in [0.25, 0.3) is 11.8 Å². The summed E-state index contributed by atoms with van der Waals surface area (Å²) >= 11 is 0. The molecule has 1 aliphatic rings. The van der Waals surface area contributed by atoms with Gasteiger partial charge in [-0.3, -0.25) is 14.9 Å². The molecule has 0 aromatic heterocycles. The largest absolute Gasteiger partial charge is 0.396 e. The zero-order chi connectivity index (χ0) is 11.5. The Morgan fingerprint density at radius 2 is 1.94 bits per heavy atom. The molecule has 0 saturated heterocycles. The van der Waals surface area contributed by atoms with Crippen LogP contribution in [0.1, 0.15) is 32.7 Å². The molecule has 2 rings (SSSR count). The maximum absolute atomic E-state index is 11.4. The summed E-state index contributed by atoms with van der Waals surface area (Å²) in [5.74, 6) is -0.691. The van der Waals surface area contributed by atoms with Gasteiger partial charge in [0.2, 0.25) is 0 Å². The lowest BCUT2D eigenvalue weighted by Crippen LogP contribution is -2.19. The van der Waals surface area contributed by atoms with Crippen LogP contribution in [0.4, 0.5) is 0 Å². The van der Waals surface area contributed by atoms with Gasteiger partial charge in [-0.15, -0.1) is 0 Å². The predicted molar refractivity (Wildman–Crippen MR) is 59.0 cm³/mol. The number of carbonyl (C=O) groups excluding carboxylic acids is 2. The van der Waals surface area contributed by atoms with Gasteiger partial charge >= 0.3 is 0 Å². The van der Waals surface area contributed by atoms with Gasteiger partial charge in [0, 0.05) is 6.61 Å². The van der Waals surface area contributed by atoms with Crippen molar-refractivity contribution in [3.63, 3.8) is 0 Å². The predicted octanol–water partition coefficient (Wildman–Crippen LogP) is 0.966. The zero-order valence-electron chi connectivity index (χ0n) is 8.56. The first kappa shape index (κ1) is 10.6. The lowest BCUT2D eigenvalue weighted by molar-refractivity contribution is 0.0879. The molecule has 0 atom stereocenters. The van der Waals surface area contributed by atoms with E-state index in [9.17, 15) is 9.59 Å². The van der Waals surface area contributed by atoms with Crippen LogP contribution in [-0.4, -0.2) is 23.5 Å². The summed E-state index contributed by atoms with van der Waals surface area (Å²) in [4.78, 5) is 22.6. The number of rotatable bonds is 3. The van der Waals surface area contributed by atoms with Crippen LogP contribution in [0.2, 0.25) is 0 Å². The Bertz CT molecular complexity index is 477. The molecule has 4 nitrogen and oxygen atoms in total. The summed E-state index contributed by atoms with van der Waals surface area (Å²) in [6.45, 7) is 0.0976. The van der Waals surface area contributed by atoms with E-state index in [1.165, 1.54) is 0 Å².